The second-order valence-electron chi connectivity index (χ2n) is 8.71. The largest absolute Gasteiger partial charge is 0.454 e. The first kappa shape index (κ1) is 21.3. The summed E-state index contributed by atoms with van der Waals surface area (Å²) in [5.74, 6) is 2.08. The van der Waals surface area contributed by atoms with Crippen molar-refractivity contribution in [2.45, 2.75) is 25.8 Å². The Morgan fingerprint density at radius 1 is 0.879 bits per heavy atom. The summed E-state index contributed by atoms with van der Waals surface area (Å²) in [4.78, 5) is 15.1. The number of fused-ring (bicyclic) bond motifs is 1. The molecule has 0 radical (unpaired) electrons. The van der Waals surface area contributed by atoms with Crippen LogP contribution in [0.15, 0.2) is 72.8 Å². The Kier molecular flexibility index (Phi) is 6.44. The van der Waals surface area contributed by atoms with Gasteiger partial charge in [-0.2, -0.15) is 0 Å². The maximum atomic E-state index is 12.6. The van der Waals surface area contributed by atoms with E-state index in [1.807, 2.05) is 18.2 Å². The van der Waals surface area contributed by atoms with E-state index in [-0.39, 0.29) is 12.8 Å². The van der Waals surface area contributed by atoms with E-state index in [1.165, 1.54) is 18.4 Å². The molecule has 1 saturated heterocycles. The molecule has 5 rings (SSSR count). The molecule has 6 nitrogen and oxygen atoms in total. The van der Waals surface area contributed by atoms with E-state index < -0.39 is 0 Å². The van der Waals surface area contributed by atoms with Gasteiger partial charge in [0, 0.05) is 24.0 Å². The number of anilines is 2. The molecule has 0 saturated carbocycles. The molecule has 0 atom stereocenters. The van der Waals surface area contributed by atoms with Crippen LogP contribution < -0.4 is 20.1 Å². The van der Waals surface area contributed by atoms with Crippen molar-refractivity contribution in [2.75, 3.05) is 30.5 Å². The Morgan fingerprint density at radius 3 is 2.48 bits per heavy atom. The molecular formula is C27H29N3O3. The summed E-state index contributed by atoms with van der Waals surface area (Å²) in [5.41, 5.74) is 4.05. The molecule has 0 bridgehead atoms. The highest BCUT2D eigenvalue weighted by Crippen LogP contribution is 2.34. The number of nitrogens with one attached hydrogen (secondary N) is 2. The number of hydrogen-bond acceptors (Lipinski definition) is 4. The van der Waals surface area contributed by atoms with Gasteiger partial charge in [0.2, 0.25) is 6.79 Å². The Morgan fingerprint density at radius 2 is 1.64 bits per heavy atom. The lowest BCUT2D eigenvalue weighted by molar-refractivity contribution is 0.174. The topological polar surface area (TPSA) is 62.8 Å². The van der Waals surface area contributed by atoms with Crippen molar-refractivity contribution < 1.29 is 14.3 Å². The smallest absolute Gasteiger partial charge is 0.323 e. The molecule has 2 N–H and O–H groups in total. The molecule has 170 valence electrons. The standard InChI is InChI=1S/C27H29N3O3/c31-27(28-23-10-11-25-26(17-23)33-19-32-25)29-24-9-5-4-8-22(24)18-30-14-12-21(13-15-30)16-20-6-2-1-3-7-20/h1-11,17,21H,12-16,18-19H2,(H2,28,29,31). The number of nitrogens with zero attached hydrogens (tertiary/aromatic N) is 1. The van der Waals surface area contributed by atoms with Gasteiger partial charge in [-0.3, -0.25) is 4.90 Å². The third-order valence-electron chi connectivity index (χ3n) is 6.36. The van der Waals surface area contributed by atoms with Crippen LogP contribution in [0.3, 0.4) is 0 Å². The zero-order valence-electron chi connectivity index (χ0n) is 18.6. The van der Waals surface area contributed by atoms with Crippen molar-refractivity contribution in [3.63, 3.8) is 0 Å². The van der Waals surface area contributed by atoms with Crippen LogP contribution >= 0.6 is 0 Å². The first-order chi connectivity index (χ1) is 16.2. The quantitative estimate of drug-likeness (QED) is 0.527. The third-order valence-corrected chi connectivity index (χ3v) is 6.36. The minimum Gasteiger partial charge on any atom is -0.454 e. The average Bonchev–Trinajstić information content (AvgIpc) is 3.30. The van der Waals surface area contributed by atoms with Gasteiger partial charge in [0.15, 0.2) is 11.5 Å². The van der Waals surface area contributed by atoms with Crippen LogP contribution in [0.25, 0.3) is 0 Å². The summed E-state index contributed by atoms with van der Waals surface area (Å²) in [5, 5.41) is 5.89. The summed E-state index contributed by atoms with van der Waals surface area (Å²) in [6.45, 7) is 3.20. The number of carbonyl (C=O) groups excluding carboxylic acids is 1. The molecule has 0 aromatic heterocycles. The lowest BCUT2D eigenvalue weighted by atomic mass is 9.90. The van der Waals surface area contributed by atoms with Gasteiger partial charge >= 0.3 is 6.03 Å². The summed E-state index contributed by atoms with van der Waals surface area (Å²) >= 11 is 0. The Labute approximate surface area is 194 Å². The number of ether oxygens (including phenoxy) is 2. The fourth-order valence-corrected chi connectivity index (χ4v) is 4.58. The number of piperidine rings is 1. The minimum atomic E-state index is -0.275. The van der Waals surface area contributed by atoms with E-state index in [0.29, 0.717) is 17.2 Å². The summed E-state index contributed by atoms with van der Waals surface area (Å²) in [6, 6.07) is 23.9. The summed E-state index contributed by atoms with van der Waals surface area (Å²) < 4.78 is 10.7. The van der Waals surface area contributed by atoms with Crippen molar-refractivity contribution in [2.24, 2.45) is 5.92 Å². The number of carbonyl (C=O) groups is 1. The molecule has 6 heteroatoms. The van der Waals surface area contributed by atoms with Crippen molar-refractivity contribution in [1.82, 2.24) is 4.90 Å². The van der Waals surface area contributed by atoms with E-state index in [2.05, 4.69) is 51.9 Å². The third kappa shape index (κ3) is 5.46. The molecule has 2 heterocycles. The molecule has 3 aromatic carbocycles. The van der Waals surface area contributed by atoms with Crippen molar-refractivity contribution >= 4 is 17.4 Å². The average molecular weight is 444 g/mol. The van der Waals surface area contributed by atoms with Gasteiger partial charge in [-0.25, -0.2) is 4.79 Å². The molecule has 3 aromatic rings. The summed E-state index contributed by atoms with van der Waals surface area (Å²) in [7, 11) is 0. The second kappa shape index (κ2) is 9.96. The number of benzene rings is 3. The highest BCUT2D eigenvalue weighted by Gasteiger charge is 2.21. The van der Waals surface area contributed by atoms with Crippen molar-refractivity contribution in [3.05, 3.63) is 83.9 Å². The minimum absolute atomic E-state index is 0.210. The molecule has 0 unspecified atom stereocenters. The molecule has 2 aliphatic heterocycles. The maximum absolute atomic E-state index is 12.6. The van der Waals surface area contributed by atoms with Crippen LogP contribution in [0.2, 0.25) is 0 Å². The van der Waals surface area contributed by atoms with Crippen molar-refractivity contribution in [3.8, 4) is 11.5 Å². The van der Waals surface area contributed by atoms with Gasteiger partial charge in [0.1, 0.15) is 0 Å². The van der Waals surface area contributed by atoms with Crippen LogP contribution in [-0.4, -0.2) is 30.8 Å². The van der Waals surface area contributed by atoms with E-state index in [4.69, 9.17) is 9.47 Å². The predicted octanol–water partition coefficient (Wildman–Crippen LogP) is 5.51. The second-order valence-corrected chi connectivity index (χ2v) is 8.71. The van der Waals surface area contributed by atoms with Gasteiger partial charge in [-0.05, 0) is 67.6 Å². The zero-order valence-corrected chi connectivity index (χ0v) is 18.6. The molecule has 2 aliphatic rings. The highest BCUT2D eigenvalue weighted by atomic mass is 16.7. The van der Waals surface area contributed by atoms with E-state index in [9.17, 15) is 4.79 Å². The Balaban J connectivity index is 1.15. The number of hydrogen-bond donors (Lipinski definition) is 2. The zero-order chi connectivity index (χ0) is 22.5. The number of amides is 2. The fraction of sp³-hybridized carbons (Fsp3) is 0.296. The van der Waals surface area contributed by atoms with Gasteiger partial charge in [0.05, 0.1) is 0 Å². The van der Waals surface area contributed by atoms with E-state index >= 15 is 0 Å². The Bertz CT molecular complexity index is 1090. The van der Waals surface area contributed by atoms with Gasteiger partial charge in [0.25, 0.3) is 0 Å². The lowest BCUT2D eigenvalue weighted by Gasteiger charge is -2.32. The highest BCUT2D eigenvalue weighted by molar-refractivity contribution is 6.00. The van der Waals surface area contributed by atoms with Crippen LogP contribution in [0.5, 0.6) is 11.5 Å². The molecular weight excluding hydrogens is 414 g/mol. The van der Waals surface area contributed by atoms with Crippen LogP contribution in [0, 0.1) is 5.92 Å². The first-order valence-corrected chi connectivity index (χ1v) is 11.5. The van der Waals surface area contributed by atoms with Gasteiger partial charge in [-0.15, -0.1) is 0 Å². The Hall–Kier alpha value is -3.51. The van der Waals surface area contributed by atoms with Gasteiger partial charge < -0.3 is 20.1 Å². The number of likely N-dealkylation sites (tertiary alicyclic amines) is 1. The SMILES string of the molecule is O=C(Nc1ccc2c(c1)OCO2)Nc1ccccc1CN1CCC(Cc2ccccc2)CC1. The van der Waals surface area contributed by atoms with Crippen molar-refractivity contribution in [1.29, 1.82) is 0 Å². The molecule has 0 spiro atoms. The summed E-state index contributed by atoms with van der Waals surface area (Å²) in [6.07, 6.45) is 3.57. The van der Waals surface area contributed by atoms with E-state index in [1.54, 1.807) is 18.2 Å². The molecule has 2 amide bonds. The normalized spacial score (nSPS) is 15.9. The van der Waals surface area contributed by atoms with Crippen LogP contribution in [0.4, 0.5) is 16.2 Å². The fourth-order valence-electron chi connectivity index (χ4n) is 4.58. The molecule has 33 heavy (non-hydrogen) atoms. The van der Waals surface area contributed by atoms with Gasteiger partial charge in [-0.1, -0.05) is 48.5 Å². The number of urea groups is 1. The lowest BCUT2D eigenvalue weighted by Crippen LogP contribution is -2.34. The monoisotopic (exact) mass is 443 g/mol. The molecule has 1 fully saturated rings. The first-order valence-electron chi connectivity index (χ1n) is 11.5. The predicted molar refractivity (Wildman–Crippen MR) is 130 cm³/mol. The maximum Gasteiger partial charge on any atom is 0.323 e. The number of rotatable bonds is 6. The van der Waals surface area contributed by atoms with Crippen LogP contribution in [0.1, 0.15) is 24.0 Å². The van der Waals surface area contributed by atoms with E-state index in [0.717, 1.165) is 43.2 Å². The molecule has 0 aliphatic carbocycles. The van der Waals surface area contributed by atoms with Crippen LogP contribution in [-0.2, 0) is 13.0 Å². The number of para-hydroxylation sites is 1.